The normalized spacial score (nSPS) is 10.4. The summed E-state index contributed by atoms with van der Waals surface area (Å²) in [5.74, 6) is 0.280. The monoisotopic (exact) mass is 349 g/mol. The third kappa shape index (κ3) is 3.42. The third-order valence-electron chi connectivity index (χ3n) is 3.07. The van der Waals surface area contributed by atoms with Crippen molar-refractivity contribution in [3.05, 3.63) is 52.2 Å². The fourth-order valence-electron chi connectivity index (χ4n) is 1.98. The van der Waals surface area contributed by atoms with Crippen LogP contribution in [0.2, 0.25) is 0 Å². The van der Waals surface area contributed by atoms with E-state index in [2.05, 4.69) is 27.7 Å². The molecule has 0 aliphatic carbocycles. The quantitative estimate of drug-likeness (QED) is 0.602. The Labute approximate surface area is 131 Å². The highest BCUT2D eigenvalue weighted by Gasteiger charge is 2.19. The first-order valence-corrected chi connectivity index (χ1v) is 7.38. The molecule has 110 valence electrons. The van der Waals surface area contributed by atoms with Gasteiger partial charge >= 0.3 is 5.97 Å². The van der Waals surface area contributed by atoms with Crippen LogP contribution in [0.5, 0.6) is 0 Å². The first-order valence-electron chi connectivity index (χ1n) is 6.59. The Kier molecular flexibility index (Phi) is 4.96. The topological polar surface area (TPSA) is 52.3 Å². The Morgan fingerprint density at radius 3 is 2.81 bits per heavy atom. The highest BCUT2D eigenvalue weighted by Crippen LogP contribution is 2.32. The molecule has 21 heavy (non-hydrogen) atoms. The molecule has 0 aliphatic heterocycles. The van der Waals surface area contributed by atoms with E-state index >= 15 is 0 Å². The molecule has 1 heterocycles. The fraction of sp³-hybridized carbons (Fsp3) is 0.250. The summed E-state index contributed by atoms with van der Waals surface area (Å²) in [5.41, 5.74) is 2.86. The molecular weight excluding hydrogens is 334 g/mol. The molecule has 0 unspecified atom stereocenters. The van der Waals surface area contributed by atoms with Crippen LogP contribution >= 0.6 is 15.9 Å². The van der Waals surface area contributed by atoms with Gasteiger partial charge in [0.15, 0.2) is 0 Å². The van der Waals surface area contributed by atoms with Crippen LogP contribution in [0.3, 0.4) is 0 Å². The molecule has 0 fully saturated rings. The summed E-state index contributed by atoms with van der Waals surface area (Å²) in [6.45, 7) is 7.71. The summed E-state index contributed by atoms with van der Waals surface area (Å²) in [6.07, 6.45) is 0.352. The van der Waals surface area contributed by atoms with Crippen molar-refractivity contribution in [1.29, 1.82) is 0 Å². The van der Waals surface area contributed by atoms with Crippen LogP contribution in [0.1, 0.15) is 18.2 Å². The lowest BCUT2D eigenvalue weighted by Crippen LogP contribution is -2.09. The van der Waals surface area contributed by atoms with E-state index in [1.807, 2.05) is 31.2 Å². The molecule has 0 radical (unpaired) electrons. The second kappa shape index (κ2) is 6.72. The maximum atomic E-state index is 11.7. The predicted octanol–water partition coefficient (Wildman–Crippen LogP) is 4.07. The van der Waals surface area contributed by atoms with E-state index in [9.17, 15) is 4.79 Å². The summed E-state index contributed by atoms with van der Waals surface area (Å²) < 4.78 is 11.2. The maximum absolute atomic E-state index is 11.7. The second-order valence-electron chi connectivity index (χ2n) is 4.55. The molecule has 2 aromatic rings. The molecule has 4 nitrogen and oxygen atoms in total. The molecule has 1 aromatic heterocycles. The van der Waals surface area contributed by atoms with Crippen LogP contribution in [-0.4, -0.2) is 17.7 Å². The summed E-state index contributed by atoms with van der Waals surface area (Å²) in [6, 6.07) is 7.73. The van der Waals surface area contributed by atoms with Gasteiger partial charge in [0, 0.05) is 27.6 Å². The number of carbonyl (C=O) groups is 1. The van der Waals surface area contributed by atoms with Gasteiger partial charge < -0.3 is 9.26 Å². The molecule has 5 heteroatoms. The first kappa shape index (κ1) is 15.5. The van der Waals surface area contributed by atoms with E-state index in [4.69, 9.17) is 9.26 Å². The van der Waals surface area contributed by atoms with Crippen LogP contribution in [-0.2, 0) is 16.0 Å². The predicted molar refractivity (Wildman–Crippen MR) is 83.9 cm³/mol. The van der Waals surface area contributed by atoms with Gasteiger partial charge in [-0.05, 0) is 19.9 Å². The highest BCUT2D eigenvalue weighted by atomic mass is 79.9. The third-order valence-corrected chi connectivity index (χ3v) is 3.76. The van der Waals surface area contributed by atoms with Crippen molar-refractivity contribution in [2.45, 2.75) is 20.3 Å². The second-order valence-corrected chi connectivity index (χ2v) is 5.40. The Bertz CT molecular complexity index is 676. The zero-order valence-corrected chi connectivity index (χ0v) is 13.6. The van der Waals surface area contributed by atoms with Gasteiger partial charge in [0.05, 0.1) is 6.61 Å². The van der Waals surface area contributed by atoms with Gasteiger partial charge in [0.2, 0.25) is 0 Å². The zero-order valence-electron chi connectivity index (χ0n) is 12.0. The summed E-state index contributed by atoms with van der Waals surface area (Å²) in [7, 11) is 0. The average molecular weight is 350 g/mol. The van der Waals surface area contributed by atoms with Crippen molar-refractivity contribution in [2.24, 2.45) is 0 Å². The van der Waals surface area contributed by atoms with Gasteiger partial charge in [0.1, 0.15) is 11.5 Å². The fourth-order valence-corrected chi connectivity index (χ4v) is 2.46. The van der Waals surface area contributed by atoms with Gasteiger partial charge in [-0.3, -0.25) is 0 Å². The number of aromatic nitrogens is 1. The number of benzene rings is 1. The van der Waals surface area contributed by atoms with Gasteiger partial charge in [-0.25, -0.2) is 4.79 Å². The van der Waals surface area contributed by atoms with Crippen LogP contribution in [0.15, 0.2) is 45.4 Å². The number of hydrogen-bond donors (Lipinski definition) is 0. The van der Waals surface area contributed by atoms with Crippen LogP contribution in [0, 0.1) is 6.92 Å². The van der Waals surface area contributed by atoms with Crippen LogP contribution in [0.25, 0.3) is 11.3 Å². The number of carbonyl (C=O) groups excluding carboxylic acids is 1. The molecule has 2 rings (SSSR count). The average Bonchev–Trinajstić information content (AvgIpc) is 2.81. The number of rotatable bonds is 5. The Balaban J connectivity index is 2.34. The molecular formula is C16H16BrNO3. The van der Waals surface area contributed by atoms with Crippen molar-refractivity contribution in [2.75, 3.05) is 6.61 Å². The van der Waals surface area contributed by atoms with Gasteiger partial charge in [-0.2, -0.15) is 0 Å². The van der Waals surface area contributed by atoms with Gasteiger partial charge in [-0.1, -0.05) is 45.9 Å². The van der Waals surface area contributed by atoms with E-state index < -0.39 is 5.97 Å². The Morgan fingerprint density at radius 1 is 1.43 bits per heavy atom. The molecule has 0 amide bonds. The number of ether oxygens (including phenoxy) is 1. The maximum Gasteiger partial charge on any atom is 0.333 e. The zero-order chi connectivity index (χ0) is 15.4. The summed E-state index contributed by atoms with van der Waals surface area (Å²) in [5, 5.41) is 4.11. The van der Waals surface area contributed by atoms with Crippen molar-refractivity contribution >= 4 is 21.9 Å². The summed E-state index contributed by atoms with van der Waals surface area (Å²) in [4.78, 5) is 11.7. The lowest BCUT2D eigenvalue weighted by atomic mass is 10.0. The number of nitrogens with zero attached hydrogens (tertiary/aromatic N) is 1. The number of esters is 1. The lowest BCUT2D eigenvalue weighted by Gasteiger charge is -2.07. The minimum Gasteiger partial charge on any atom is -0.463 e. The van der Waals surface area contributed by atoms with E-state index in [-0.39, 0.29) is 0 Å². The van der Waals surface area contributed by atoms with Gasteiger partial charge in [0.25, 0.3) is 0 Å². The largest absolute Gasteiger partial charge is 0.463 e. The van der Waals surface area contributed by atoms with Crippen molar-refractivity contribution in [1.82, 2.24) is 5.16 Å². The number of halogens is 1. The SMILES string of the molecule is C=C(Cc1c(-c2ccccc2Br)noc1C)C(=O)OCC. The highest BCUT2D eigenvalue weighted by molar-refractivity contribution is 9.10. The molecule has 0 bridgehead atoms. The molecule has 0 N–H and O–H groups in total. The van der Waals surface area contributed by atoms with E-state index in [1.165, 1.54) is 0 Å². The van der Waals surface area contributed by atoms with Crippen molar-refractivity contribution < 1.29 is 14.1 Å². The molecule has 0 saturated heterocycles. The van der Waals surface area contributed by atoms with Crippen molar-refractivity contribution in [3.63, 3.8) is 0 Å². The van der Waals surface area contributed by atoms with E-state index in [1.54, 1.807) is 6.92 Å². The number of aryl methyl sites for hydroxylation is 1. The molecule has 0 spiro atoms. The molecule has 0 saturated carbocycles. The van der Waals surface area contributed by atoms with Crippen LogP contribution in [0.4, 0.5) is 0 Å². The molecule has 0 aliphatic rings. The molecule has 0 atom stereocenters. The standard InChI is InChI=1S/C16H16BrNO3/c1-4-20-16(19)10(2)9-13-11(3)21-18-15(13)12-7-5-6-8-14(12)17/h5-8H,2,4,9H2,1,3H3. The van der Waals surface area contributed by atoms with Crippen LogP contribution < -0.4 is 0 Å². The van der Waals surface area contributed by atoms with Gasteiger partial charge in [-0.15, -0.1) is 0 Å². The Morgan fingerprint density at radius 2 is 2.14 bits per heavy atom. The smallest absolute Gasteiger partial charge is 0.333 e. The van der Waals surface area contributed by atoms with E-state index in [0.29, 0.717) is 30.1 Å². The van der Waals surface area contributed by atoms with Crippen molar-refractivity contribution in [3.8, 4) is 11.3 Å². The Hall–Kier alpha value is -1.88. The summed E-state index contributed by atoms with van der Waals surface area (Å²) >= 11 is 3.50. The number of hydrogen-bond acceptors (Lipinski definition) is 4. The minimum absolute atomic E-state index is 0.331. The van der Waals surface area contributed by atoms with E-state index in [0.717, 1.165) is 15.6 Å². The minimum atomic E-state index is -0.392. The first-order chi connectivity index (χ1) is 10.0. The molecule has 1 aromatic carbocycles. The lowest BCUT2D eigenvalue weighted by molar-refractivity contribution is -0.138.